The van der Waals surface area contributed by atoms with Crippen molar-refractivity contribution in [3.8, 4) is 11.3 Å². The van der Waals surface area contributed by atoms with Crippen LogP contribution in [-0.4, -0.2) is 55.9 Å². The molecule has 3 aromatic rings. The second-order valence-corrected chi connectivity index (χ2v) is 9.12. The van der Waals surface area contributed by atoms with Crippen LogP contribution < -0.4 is 10.5 Å². The highest BCUT2D eigenvalue weighted by atomic mass is 16.2. The molecule has 0 saturated carbocycles. The summed E-state index contributed by atoms with van der Waals surface area (Å²) in [5.41, 5.74) is 3.67. The van der Waals surface area contributed by atoms with Crippen LogP contribution in [0.15, 0.2) is 35.5 Å². The predicted octanol–water partition coefficient (Wildman–Crippen LogP) is 2.12. The normalized spacial score (nSPS) is 22.7. The van der Waals surface area contributed by atoms with Crippen molar-refractivity contribution in [2.45, 2.75) is 38.6 Å². The van der Waals surface area contributed by atoms with Gasteiger partial charge >= 0.3 is 0 Å². The number of fused-ring (bicyclic) bond motifs is 5. The number of amides is 1. The number of aromatic nitrogens is 4. The molecule has 0 aliphatic carbocycles. The quantitative estimate of drug-likeness (QED) is 0.637. The molecular weight excluding hydrogens is 392 g/mol. The Labute approximate surface area is 180 Å². The summed E-state index contributed by atoms with van der Waals surface area (Å²) in [6, 6.07) is 3.86. The molecular formula is C23H26N6O2. The second-order valence-electron chi connectivity index (χ2n) is 9.12. The Morgan fingerprint density at radius 2 is 1.94 bits per heavy atom. The van der Waals surface area contributed by atoms with Crippen molar-refractivity contribution in [3.63, 3.8) is 0 Å². The molecule has 6 heterocycles. The molecule has 3 aliphatic rings. The SMILES string of the molecule is CC(=O)N1C[C@@H]2C[C@H](C1)c1cc(-c3cnc4c(N5CCCC5)nccn34)cc(=O)n1C2. The van der Waals surface area contributed by atoms with E-state index in [1.54, 1.807) is 13.0 Å². The maximum Gasteiger partial charge on any atom is 0.251 e. The number of hydrogen-bond donors (Lipinski definition) is 0. The van der Waals surface area contributed by atoms with Gasteiger partial charge < -0.3 is 14.4 Å². The molecule has 2 atom stereocenters. The van der Waals surface area contributed by atoms with Gasteiger partial charge in [0.2, 0.25) is 5.91 Å². The van der Waals surface area contributed by atoms with E-state index in [0.29, 0.717) is 19.0 Å². The van der Waals surface area contributed by atoms with Gasteiger partial charge in [-0.3, -0.25) is 14.0 Å². The summed E-state index contributed by atoms with van der Waals surface area (Å²) in [6.07, 6.45) is 8.96. The van der Waals surface area contributed by atoms with Crippen molar-refractivity contribution < 1.29 is 4.79 Å². The highest BCUT2D eigenvalue weighted by molar-refractivity contribution is 5.74. The predicted molar refractivity (Wildman–Crippen MR) is 117 cm³/mol. The van der Waals surface area contributed by atoms with Gasteiger partial charge in [-0.1, -0.05) is 0 Å². The minimum absolute atomic E-state index is 0.0299. The van der Waals surface area contributed by atoms with E-state index in [0.717, 1.165) is 54.5 Å². The number of piperidine rings is 1. The number of rotatable bonds is 2. The first-order chi connectivity index (χ1) is 15.1. The first kappa shape index (κ1) is 18.6. The number of pyridine rings is 1. The average Bonchev–Trinajstić information content (AvgIpc) is 3.44. The van der Waals surface area contributed by atoms with Gasteiger partial charge in [0, 0.05) is 75.3 Å². The lowest BCUT2D eigenvalue weighted by atomic mass is 9.82. The van der Waals surface area contributed by atoms with Gasteiger partial charge in [0.1, 0.15) is 0 Å². The Balaban J connectivity index is 1.44. The van der Waals surface area contributed by atoms with Crippen LogP contribution in [0.4, 0.5) is 5.82 Å². The molecule has 2 saturated heterocycles. The minimum atomic E-state index is 0.0299. The van der Waals surface area contributed by atoms with Gasteiger partial charge in [0.25, 0.3) is 5.56 Å². The van der Waals surface area contributed by atoms with E-state index >= 15 is 0 Å². The van der Waals surface area contributed by atoms with Crippen LogP contribution >= 0.6 is 0 Å². The smallest absolute Gasteiger partial charge is 0.251 e. The van der Waals surface area contributed by atoms with E-state index in [-0.39, 0.29) is 17.4 Å². The fourth-order valence-electron chi connectivity index (χ4n) is 5.64. The van der Waals surface area contributed by atoms with Crippen LogP contribution in [0, 0.1) is 5.92 Å². The molecule has 1 amide bonds. The molecule has 160 valence electrons. The summed E-state index contributed by atoms with van der Waals surface area (Å²) in [7, 11) is 0. The molecule has 2 fully saturated rings. The number of carbonyl (C=O) groups is 1. The van der Waals surface area contributed by atoms with E-state index in [9.17, 15) is 9.59 Å². The molecule has 6 rings (SSSR count). The summed E-state index contributed by atoms with van der Waals surface area (Å²) in [6.45, 7) is 5.76. The number of carbonyl (C=O) groups excluding carboxylic acids is 1. The summed E-state index contributed by atoms with van der Waals surface area (Å²) in [4.78, 5) is 38.5. The first-order valence-electron chi connectivity index (χ1n) is 11.2. The fourth-order valence-corrected chi connectivity index (χ4v) is 5.64. The van der Waals surface area contributed by atoms with Crippen molar-refractivity contribution in [2.75, 3.05) is 31.1 Å². The van der Waals surface area contributed by atoms with Crippen molar-refractivity contribution in [2.24, 2.45) is 5.92 Å². The third-order valence-electron chi connectivity index (χ3n) is 7.11. The zero-order valence-corrected chi connectivity index (χ0v) is 17.7. The molecule has 3 aromatic heterocycles. The molecule has 3 aliphatic heterocycles. The standard InChI is InChI=1S/C23H26N6O2/c1-15(30)27-12-16-8-18(14-27)19-9-17(10-21(31)29(19)13-16)20-11-25-23-22(24-4-7-28(20)23)26-5-2-3-6-26/h4,7,9-11,16,18H,2-3,5-6,8,12-14H2,1H3/t16-,18+/m0/s1. The lowest BCUT2D eigenvalue weighted by molar-refractivity contribution is -0.131. The van der Waals surface area contributed by atoms with Gasteiger partial charge in [0.05, 0.1) is 11.9 Å². The van der Waals surface area contributed by atoms with Crippen LogP contribution in [0.3, 0.4) is 0 Å². The van der Waals surface area contributed by atoms with Gasteiger partial charge in [-0.05, 0) is 31.2 Å². The fraction of sp³-hybridized carbons (Fsp3) is 0.478. The van der Waals surface area contributed by atoms with Crippen molar-refractivity contribution in [1.82, 2.24) is 23.8 Å². The lowest BCUT2D eigenvalue weighted by Gasteiger charge is -2.42. The number of likely N-dealkylation sites (tertiary alicyclic amines) is 1. The van der Waals surface area contributed by atoms with Gasteiger partial charge in [-0.25, -0.2) is 9.97 Å². The molecule has 0 radical (unpaired) electrons. The molecule has 0 N–H and O–H groups in total. The zero-order chi connectivity index (χ0) is 21.1. The van der Waals surface area contributed by atoms with Crippen molar-refractivity contribution in [1.29, 1.82) is 0 Å². The third-order valence-corrected chi connectivity index (χ3v) is 7.11. The lowest BCUT2D eigenvalue weighted by Crippen LogP contribution is -2.48. The minimum Gasteiger partial charge on any atom is -0.354 e. The highest BCUT2D eigenvalue weighted by Gasteiger charge is 2.36. The van der Waals surface area contributed by atoms with Crippen LogP contribution in [0.25, 0.3) is 16.9 Å². The van der Waals surface area contributed by atoms with Gasteiger partial charge in [-0.2, -0.15) is 0 Å². The van der Waals surface area contributed by atoms with Crippen molar-refractivity contribution in [3.05, 3.63) is 46.8 Å². The Morgan fingerprint density at radius 1 is 1.10 bits per heavy atom. The van der Waals surface area contributed by atoms with E-state index in [4.69, 9.17) is 0 Å². The highest BCUT2D eigenvalue weighted by Crippen LogP contribution is 2.37. The van der Waals surface area contributed by atoms with E-state index < -0.39 is 0 Å². The number of nitrogens with zero attached hydrogens (tertiary/aromatic N) is 6. The van der Waals surface area contributed by atoms with Gasteiger partial charge in [-0.15, -0.1) is 0 Å². The maximum absolute atomic E-state index is 13.1. The maximum atomic E-state index is 13.1. The Kier molecular flexibility index (Phi) is 4.16. The molecule has 0 unspecified atom stereocenters. The number of hydrogen-bond acceptors (Lipinski definition) is 5. The van der Waals surface area contributed by atoms with Crippen LogP contribution in [-0.2, 0) is 11.3 Å². The Hall–Kier alpha value is -3.16. The summed E-state index contributed by atoms with van der Waals surface area (Å²) in [5, 5.41) is 0. The topological polar surface area (TPSA) is 75.7 Å². The van der Waals surface area contributed by atoms with Crippen LogP contribution in [0.2, 0.25) is 0 Å². The Morgan fingerprint density at radius 3 is 2.74 bits per heavy atom. The number of imidazole rings is 1. The summed E-state index contributed by atoms with van der Waals surface area (Å²) in [5.74, 6) is 1.58. The molecule has 2 bridgehead atoms. The van der Waals surface area contributed by atoms with Crippen molar-refractivity contribution >= 4 is 17.4 Å². The third kappa shape index (κ3) is 2.96. The second kappa shape index (κ2) is 6.93. The summed E-state index contributed by atoms with van der Waals surface area (Å²) >= 11 is 0. The number of anilines is 1. The first-order valence-corrected chi connectivity index (χ1v) is 11.2. The molecule has 0 aromatic carbocycles. The molecule has 0 spiro atoms. The average molecular weight is 419 g/mol. The monoisotopic (exact) mass is 418 g/mol. The molecule has 8 nitrogen and oxygen atoms in total. The zero-order valence-electron chi connectivity index (χ0n) is 17.7. The van der Waals surface area contributed by atoms with Gasteiger partial charge in [0.15, 0.2) is 11.5 Å². The Bertz CT molecular complexity index is 1240. The largest absolute Gasteiger partial charge is 0.354 e. The molecule has 8 heteroatoms. The van der Waals surface area contributed by atoms with Crippen LogP contribution in [0.5, 0.6) is 0 Å². The molecule has 31 heavy (non-hydrogen) atoms. The van der Waals surface area contributed by atoms with E-state index in [2.05, 4.69) is 20.9 Å². The van der Waals surface area contributed by atoms with E-state index in [1.165, 1.54) is 12.8 Å². The van der Waals surface area contributed by atoms with Crippen LogP contribution in [0.1, 0.15) is 37.8 Å². The van der Waals surface area contributed by atoms with E-state index in [1.807, 2.05) is 32.5 Å². The summed E-state index contributed by atoms with van der Waals surface area (Å²) < 4.78 is 3.96.